The lowest BCUT2D eigenvalue weighted by molar-refractivity contribution is 0.102. The number of anilines is 2. The van der Waals surface area contributed by atoms with Crippen LogP contribution in [0.2, 0.25) is 0 Å². The summed E-state index contributed by atoms with van der Waals surface area (Å²) in [6.45, 7) is 1.88. The van der Waals surface area contributed by atoms with Crippen molar-refractivity contribution in [2.75, 3.05) is 11.1 Å². The molecule has 0 spiro atoms. The van der Waals surface area contributed by atoms with E-state index in [1.54, 1.807) is 42.6 Å². The minimum atomic E-state index is -0.329. The highest BCUT2D eigenvalue weighted by molar-refractivity contribution is 6.05. The smallest absolute Gasteiger partial charge is 0.255 e. The van der Waals surface area contributed by atoms with E-state index in [1.165, 1.54) is 16.6 Å². The Labute approximate surface area is 160 Å². The van der Waals surface area contributed by atoms with Gasteiger partial charge in [-0.2, -0.15) is 0 Å². The summed E-state index contributed by atoms with van der Waals surface area (Å²) in [4.78, 5) is 16.6. The van der Waals surface area contributed by atoms with Gasteiger partial charge in [0.05, 0.1) is 6.20 Å². The Hall–Kier alpha value is -4.07. The first-order chi connectivity index (χ1) is 13.5. The number of benzene rings is 2. The Kier molecular flexibility index (Phi) is 4.29. The lowest BCUT2D eigenvalue weighted by Crippen LogP contribution is -2.12. The van der Waals surface area contributed by atoms with Crippen LogP contribution in [0.4, 0.5) is 11.5 Å². The molecule has 2 heterocycles. The summed E-state index contributed by atoms with van der Waals surface area (Å²) >= 11 is 0. The number of ether oxygens (including phenoxy) is 1. The van der Waals surface area contributed by atoms with Gasteiger partial charge in [-0.05, 0) is 42.8 Å². The molecule has 0 atom stereocenters. The molecule has 0 unspecified atom stereocenters. The van der Waals surface area contributed by atoms with E-state index in [1.807, 2.05) is 13.0 Å². The number of nitrogens with zero attached hydrogens (tertiary/aromatic N) is 3. The van der Waals surface area contributed by atoms with Crippen molar-refractivity contribution in [2.45, 2.75) is 6.92 Å². The molecule has 0 aliphatic rings. The van der Waals surface area contributed by atoms with E-state index in [9.17, 15) is 9.90 Å². The number of nitrogens with one attached hydrogen (secondary N) is 1. The number of carbonyl (C=O) groups is 1. The average Bonchev–Trinajstić information content (AvgIpc) is 3.03. The van der Waals surface area contributed by atoms with Crippen molar-refractivity contribution in [3.63, 3.8) is 0 Å². The number of phenols is 1. The van der Waals surface area contributed by atoms with E-state index < -0.39 is 0 Å². The van der Waals surface area contributed by atoms with Crippen molar-refractivity contribution in [3.8, 4) is 17.4 Å². The summed E-state index contributed by atoms with van der Waals surface area (Å²) in [7, 11) is 0. The van der Waals surface area contributed by atoms with Gasteiger partial charge >= 0.3 is 0 Å². The molecule has 0 saturated heterocycles. The molecule has 1 amide bonds. The Morgan fingerprint density at radius 1 is 1.18 bits per heavy atom. The van der Waals surface area contributed by atoms with E-state index in [0.29, 0.717) is 34.3 Å². The highest BCUT2D eigenvalue weighted by atomic mass is 16.5. The Morgan fingerprint density at radius 2 is 2.04 bits per heavy atom. The standard InChI is InChI=1S/C20H17N5O3/c1-12-5-6-15(28-19-8-7-18-23-17(21)11-25(18)24-19)10-16(12)22-20(27)13-3-2-4-14(26)9-13/h2-11,26H,21H2,1H3,(H,22,27). The van der Waals surface area contributed by atoms with E-state index in [-0.39, 0.29) is 11.7 Å². The molecular weight excluding hydrogens is 358 g/mol. The van der Waals surface area contributed by atoms with Crippen molar-refractivity contribution in [2.24, 2.45) is 0 Å². The topological polar surface area (TPSA) is 115 Å². The summed E-state index contributed by atoms with van der Waals surface area (Å²) in [5, 5.41) is 16.7. The van der Waals surface area contributed by atoms with Crippen molar-refractivity contribution in [1.29, 1.82) is 0 Å². The highest BCUT2D eigenvalue weighted by Gasteiger charge is 2.10. The molecule has 4 aromatic rings. The Bertz CT molecular complexity index is 1190. The second-order valence-electron chi connectivity index (χ2n) is 6.22. The van der Waals surface area contributed by atoms with Gasteiger partial charge in [0.2, 0.25) is 5.88 Å². The van der Waals surface area contributed by atoms with Gasteiger partial charge < -0.3 is 20.9 Å². The van der Waals surface area contributed by atoms with Crippen LogP contribution in [0, 0.1) is 6.92 Å². The first-order valence-electron chi connectivity index (χ1n) is 8.49. The lowest BCUT2D eigenvalue weighted by Gasteiger charge is -2.11. The van der Waals surface area contributed by atoms with Crippen LogP contribution in [0.25, 0.3) is 5.65 Å². The number of imidazole rings is 1. The number of aryl methyl sites for hydroxylation is 1. The van der Waals surface area contributed by atoms with E-state index in [4.69, 9.17) is 10.5 Å². The van der Waals surface area contributed by atoms with Gasteiger partial charge in [0.25, 0.3) is 5.91 Å². The zero-order valence-corrected chi connectivity index (χ0v) is 15.0. The quantitative estimate of drug-likeness (QED) is 0.504. The van der Waals surface area contributed by atoms with Gasteiger partial charge in [-0.1, -0.05) is 12.1 Å². The van der Waals surface area contributed by atoms with Crippen molar-refractivity contribution in [1.82, 2.24) is 14.6 Å². The van der Waals surface area contributed by atoms with Crippen LogP contribution in [-0.2, 0) is 0 Å². The van der Waals surface area contributed by atoms with Crippen LogP contribution in [0.5, 0.6) is 17.4 Å². The third kappa shape index (κ3) is 3.56. The fraction of sp³-hybridized carbons (Fsp3) is 0.0500. The predicted molar refractivity (Wildman–Crippen MR) is 105 cm³/mol. The van der Waals surface area contributed by atoms with Crippen molar-refractivity contribution >= 4 is 23.1 Å². The molecule has 0 radical (unpaired) electrons. The van der Waals surface area contributed by atoms with E-state index >= 15 is 0 Å². The maximum absolute atomic E-state index is 12.4. The van der Waals surface area contributed by atoms with Crippen molar-refractivity contribution in [3.05, 3.63) is 71.9 Å². The summed E-state index contributed by atoms with van der Waals surface area (Å²) < 4.78 is 7.34. The molecule has 2 aromatic heterocycles. The minimum absolute atomic E-state index is 0.0306. The molecule has 28 heavy (non-hydrogen) atoms. The van der Waals surface area contributed by atoms with Crippen LogP contribution in [0.1, 0.15) is 15.9 Å². The van der Waals surface area contributed by atoms with Crippen LogP contribution in [-0.4, -0.2) is 25.6 Å². The SMILES string of the molecule is Cc1ccc(Oc2ccc3nc(N)cn3n2)cc1NC(=O)c1cccc(O)c1. The summed E-state index contributed by atoms with van der Waals surface area (Å²) in [5.41, 5.74) is 8.10. The summed E-state index contributed by atoms with van der Waals surface area (Å²) in [6.07, 6.45) is 1.60. The molecule has 2 aromatic carbocycles. The number of nitrogens with two attached hydrogens (primary N) is 1. The average molecular weight is 375 g/mol. The number of hydrogen-bond acceptors (Lipinski definition) is 6. The molecule has 0 fully saturated rings. The molecule has 0 saturated carbocycles. The molecule has 4 N–H and O–H groups in total. The maximum atomic E-state index is 12.4. The summed E-state index contributed by atoms with van der Waals surface area (Å²) in [6, 6.07) is 14.9. The monoisotopic (exact) mass is 375 g/mol. The fourth-order valence-corrected chi connectivity index (χ4v) is 2.70. The van der Waals surface area contributed by atoms with Gasteiger partial charge in [0.1, 0.15) is 17.3 Å². The second-order valence-corrected chi connectivity index (χ2v) is 6.22. The van der Waals surface area contributed by atoms with Gasteiger partial charge in [-0.3, -0.25) is 4.79 Å². The molecule has 0 aliphatic carbocycles. The number of hydrogen-bond donors (Lipinski definition) is 3. The van der Waals surface area contributed by atoms with Gasteiger partial charge in [-0.25, -0.2) is 9.50 Å². The minimum Gasteiger partial charge on any atom is -0.508 e. The molecule has 0 bridgehead atoms. The van der Waals surface area contributed by atoms with Crippen LogP contribution >= 0.6 is 0 Å². The zero-order chi connectivity index (χ0) is 19.7. The second kappa shape index (κ2) is 6.92. The maximum Gasteiger partial charge on any atom is 0.255 e. The van der Waals surface area contributed by atoms with Crippen LogP contribution in [0.3, 0.4) is 0 Å². The number of fused-ring (bicyclic) bond motifs is 1. The first kappa shape index (κ1) is 17.3. The highest BCUT2D eigenvalue weighted by Crippen LogP contribution is 2.26. The number of amides is 1. The number of aromatic nitrogens is 3. The number of rotatable bonds is 4. The number of phenolic OH excluding ortho intramolecular Hbond substituents is 1. The Morgan fingerprint density at radius 3 is 2.86 bits per heavy atom. The predicted octanol–water partition coefficient (Wildman–Crippen LogP) is 3.37. The third-order valence-electron chi connectivity index (χ3n) is 4.10. The fourth-order valence-electron chi connectivity index (χ4n) is 2.70. The van der Waals surface area contributed by atoms with E-state index in [0.717, 1.165) is 5.56 Å². The number of carbonyl (C=O) groups excluding carboxylic acids is 1. The van der Waals surface area contributed by atoms with Crippen molar-refractivity contribution < 1.29 is 14.6 Å². The van der Waals surface area contributed by atoms with Gasteiger partial charge in [0, 0.05) is 23.4 Å². The Balaban J connectivity index is 1.56. The normalized spacial score (nSPS) is 10.8. The number of nitrogen functional groups attached to an aromatic ring is 1. The largest absolute Gasteiger partial charge is 0.508 e. The van der Waals surface area contributed by atoms with Gasteiger partial charge in [-0.15, -0.1) is 5.10 Å². The molecule has 8 heteroatoms. The van der Waals surface area contributed by atoms with Crippen LogP contribution in [0.15, 0.2) is 60.8 Å². The first-order valence-corrected chi connectivity index (χ1v) is 8.49. The molecule has 4 rings (SSSR count). The number of aromatic hydroxyl groups is 1. The molecular formula is C20H17N5O3. The molecule has 0 aliphatic heterocycles. The third-order valence-corrected chi connectivity index (χ3v) is 4.10. The lowest BCUT2D eigenvalue weighted by atomic mass is 10.1. The molecule has 8 nitrogen and oxygen atoms in total. The van der Waals surface area contributed by atoms with Gasteiger partial charge in [0.15, 0.2) is 5.65 Å². The van der Waals surface area contributed by atoms with E-state index in [2.05, 4.69) is 15.4 Å². The zero-order valence-electron chi connectivity index (χ0n) is 15.0. The molecule has 140 valence electrons. The summed E-state index contributed by atoms with van der Waals surface area (Å²) in [5.74, 6) is 0.945. The van der Waals surface area contributed by atoms with Crippen LogP contribution < -0.4 is 15.8 Å².